The largest absolute Gasteiger partial charge is 0.305 e. The predicted molar refractivity (Wildman–Crippen MR) is 76.1 cm³/mol. The summed E-state index contributed by atoms with van der Waals surface area (Å²) >= 11 is 0. The van der Waals surface area contributed by atoms with E-state index in [9.17, 15) is 9.59 Å². The highest BCUT2D eigenvalue weighted by molar-refractivity contribution is 6.06. The standard InChI is InChI=1S/C15H25N3O2/c1-2-17-7-5-11(6-8-17)10-16-13-9-14(19)18(15(13)20)12-3-4-12/h11-13,16H,2-10H2,1H3. The third kappa shape index (κ3) is 2.88. The lowest BCUT2D eigenvalue weighted by Gasteiger charge is -2.31. The second-order valence-corrected chi connectivity index (χ2v) is 6.38. The zero-order chi connectivity index (χ0) is 14.1. The molecule has 2 saturated heterocycles. The number of hydrogen-bond donors (Lipinski definition) is 1. The molecule has 0 aromatic heterocycles. The van der Waals surface area contributed by atoms with Gasteiger partial charge in [-0.1, -0.05) is 6.92 Å². The fraction of sp³-hybridized carbons (Fsp3) is 0.867. The maximum absolute atomic E-state index is 12.2. The molecule has 112 valence electrons. The Morgan fingerprint density at radius 2 is 1.85 bits per heavy atom. The Kier molecular flexibility index (Phi) is 4.08. The first kappa shape index (κ1) is 14.0. The smallest absolute Gasteiger partial charge is 0.247 e. The molecule has 20 heavy (non-hydrogen) atoms. The Balaban J connectivity index is 1.45. The number of likely N-dealkylation sites (tertiary alicyclic amines) is 2. The summed E-state index contributed by atoms with van der Waals surface area (Å²) in [6.45, 7) is 6.53. The van der Waals surface area contributed by atoms with Crippen molar-refractivity contribution in [3.05, 3.63) is 0 Å². The van der Waals surface area contributed by atoms with Gasteiger partial charge in [0.2, 0.25) is 11.8 Å². The van der Waals surface area contributed by atoms with Crippen molar-refractivity contribution < 1.29 is 9.59 Å². The van der Waals surface area contributed by atoms with E-state index in [1.165, 1.54) is 17.7 Å². The number of imide groups is 1. The fourth-order valence-corrected chi connectivity index (χ4v) is 3.34. The summed E-state index contributed by atoms with van der Waals surface area (Å²) in [6.07, 6.45) is 4.76. The maximum Gasteiger partial charge on any atom is 0.247 e. The molecule has 0 bridgehead atoms. The highest BCUT2D eigenvalue weighted by Crippen LogP contribution is 2.31. The van der Waals surface area contributed by atoms with Gasteiger partial charge in [-0.2, -0.15) is 0 Å². The van der Waals surface area contributed by atoms with Crippen LogP contribution in [0.5, 0.6) is 0 Å². The Bertz CT molecular complexity index is 387. The first-order chi connectivity index (χ1) is 9.69. The highest BCUT2D eigenvalue weighted by atomic mass is 16.2. The Hall–Kier alpha value is -0.940. The van der Waals surface area contributed by atoms with E-state index in [1.54, 1.807) is 0 Å². The van der Waals surface area contributed by atoms with Gasteiger partial charge < -0.3 is 10.2 Å². The first-order valence-corrected chi connectivity index (χ1v) is 8.00. The van der Waals surface area contributed by atoms with Crippen molar-refractivity contribution >= 4 is 11.8 Å². The number of carbonyl (C=O) groups excluding carboxylic acids is 2. The molecule has 2 amide bonds. The Labute approximate surface area is 120 Å². The van der Waals surface area contributed by atoms with Gasteiger partial charge >= 0.3 is 0 Å². The van der Waals surface area contributed by atoms with Crippen LogP contribution in [0.15, 0.2) is 0 Å². The van der Waals surface area contributed by atoms with E-state index in [-0.39, 0.29) is 23.9 Å². The third-order valence-electron chi connectivity index (χ3n) is 4.90. The van der Waals surface area contributed by atoms with Gasteiger partial charge in [0.05, 0.1) is 12.5 Å². The highest BCUT2D eigenvalue weighted by Gasteiger charge is 2.45. The zero-order valence-electron chi connectivity index (χ0n) is 12.3. The monoisotopic (exact) mass is 279 g/mol. The molecular weight excluding hydrogens is 254 g/mol. The number of carbonyl (C=O) groups is 2. The SMILES string of the molecule is CCN1CCC(CNC2CC(=O)N(C3CC3)C2=O)CC1. The average Bonchev–Trinajstić information content (AvgIpc) is 3.24. The van der Waals surface area contributed by atoms with Crippen LogP contribution in [-0.2, 0) is 9.59 Å². The van der Waals surface area contributed by atoms with E-state index >= 15 is 0 Å². The summed E-state index contributed by atoms with van der Waals surface area (Å²) in [6, 6.07) is -0.0399. The Morgan fingerprint density at radius 1 is 1.15 bits per heavy atom. The topological polar surface area (TPSA) is 52.7 Å². The molecule has 3 fully saturated rings. The first-order valence-electron chi connectivity index (χ1n) is 8.00. The van der Waals surface area contributed by atoms with Crippen LogP contribution in [-0.4, -0.2) is 59.9 Å². The van der Waals surface area contributed by atoms with E-state index in [1.807, 2.05) is 0 Å². The van der Waals surface area contributed by atoms with Gasteiger partial charge in [0.25, 0.3) is 0 Å². The third-order valence-corrected chi connectivity index (χ3v) is 4.90. The number of piperidine rings is 1. The van der Waals surface area contributed by atoms with Crippen molar-refractivity contribution in [2.24, 2.45) is 5.92 Å². The van der Waals surface area contributed by atoms with Gasteiger partial charge in [-0.15, -0.1) is 0 Å². The van der Waals surface area contributed by atoms with Crippen LogP contribution in [0.1, 0.15) is 39.0 Å². The van der Waals surface area contributed by atoms with Crippen molar-refractivity contribution in [2.45, 2.75) is 51.1 Å². The molecule has 5 nitrogen and oxygen atoms in total. The van der Waals surface area contributed by atoms with Crippen molar-refractivity contribution in [1.82, 2.24) is 15.1 Å². The van der Waals surface area contributed by atoms with Crippen LogP contribution in [0.3, 0.4) is 0 Å². The van der Waals surface area contributed by atoms with Gasteiger partial charge in [-0.05, 0) is 57.8 Å². The van der Waals surface area contributed by atoms with E-state index < -0.39 is 0 Å². The maximum atomic E-state index is 12.2. The summed E-state index contributed by atoms with van der Waals surface area (Å²) in [5.74, 6) is 0.690. The minimum Gasteiger partial charge on any atom is -0.305 e. The van der Waals surface area contributed by atoms with E-state index in [2.05, 4.69) is 17.1 Å². The molecule has 3 aliphatic rings. The molecule has 0 radical (unpaired) electrons. The predicted octanol–water partition coefficient (Wildman–Crippen LogP) is 0.598. The molecular formula is C15H25N3O2. The van der Waals surface area contributed by atoms with Crippen LogP contribution >= 0.6 is 0 Å². The van der Waals surface area contributed by atoms with Crippen molar-refractivity contribution in [1.29, 1.82) is 0 Å². The van der Waals surface area contributed by atoms with Gasteiger partial charge in [0.1, 0.15) is 0 Å². The molecule has 1 saturated carbocycles. The fourth-order valence-electron chi connectivity index (χ4n) is 3.34. The van der Waals surface area contributed by atoms with Gasteiger partial charge in [-0.25, -0.2) is 0 Å². The molecule has 1 unspecified atom stereocenters. The summed E-state index contributed by atoms with van der Waals surface area (Å²) in [5, 5.41) is 3.35. The lowest BCUT2D eigenvalue weighted by Crippen LogP contribution is -2.43. The van der Waals surface area contributed by atoms with E-state index in [0.29, 0.717) is 12.3 Å². The number of nitrogens with one attached hydrogen (secondary N) is 1. The molecule has 1 aliphatic carbocycles. The van der Waals surface area contributed by atoms with Gasteiger partial charge in [0.15, 0.2) is 0 Å². The van der Waals surface area contributed by atoms with Crippen LogP contribution in [0, 0.1) is 5.92 Å². The molecule has 1 N–H and O–H groups in total. The van der Waals surface area contributed by atoms with Crippen LogP contribution in [0.25, 0.3) is 0 Å². The summed E-state index contributed by atoms with van der Waals surface area (Å²) in [7, 11) is 0. The lowest BCUT2D eigenvalue weighted by atomic mass is 9.96. The molecule has 0 aromatic carbocycles. The number of rotatable bonds is 5. The second kappa shape index (κ2) is 5.82. The average molecular weight is 279 g/mol. The molecule has 0 aromatic rings. The normalized spacial score (nSPS) is 29.4. The summed E-state index contributed by atoms with van der Waals surface area (Å²) in [5.41, 5.74) is 0. The molecule has 2 aliphatic heterocycles. The minimum absolute atomic E-state index is 0.0171. The summed E-state index contributed by atoms with van der Waals surface area (Å²) in [4.78, 5) is 28.0. The number of amides is 2. The minimum atomic E-state index is -0.257. The van der Waals surface area contributed by atoms with Crippen molar-refractivity contribution in [3.63, 3.8) is 0 Å². The van der Waals surface area contributed by atoms with Gasteiger partial charge in [-0.3, -0.25) is 14.5 Å². The van der Waals surface area contributed by atoms with E-state index in [0.717, 1.165) is 39.0 Å². The van der Waals surface area contributed by atoms with Crippen LogP contribution in [0.4, 0.5) is 0 Å². The Morgan fingerprint density at radius 3 is 2.45 bits per heavy atom. The van der Waals surface area contributed by atoms with Crippen molar-refractivity contribution in [3.8, 4) is 0 Å². The molecule has 2 heterocycles. The molecule has 0 spiro atoms. The summed E-state index contributed by atoms with van der Waals surface area (Å²) < 4.78 is 0. The quantitative estimate of drug-likeness (QED) is 0.749. The molecule has 3 rings (SSSR count). The van der Waals surface area contributed by atoms with Crippen LogP contribution < -0.4 is 5.32 Å². The molecule has 5 heteroatoms. The lowest BCUT2D eigenvalue weighted by molar-refractivity contribution is -0.139. The zero-order valence-corrected chi connectivity index (χ0v) is 12.3. The molecule has 1 atom stereocenters. The number of hydrogen-bond acceptors (Lipinski definition) is 4. The van der Waals surface area contributed by atoms with Gasteiger partial charge in [0, 0.05) is 6.04 Å². The number of nitrogens with zero attached hydrogens (tertiary/aromatic N) is 2. The second-order valence-electron chi connectivity index (χ2n) is 6.38. The van der Waals surface area contributed by atoms with Crippen LogP contribution in [0.2, 0.25) is 0 Å². The van der Waals surface area contributed by atoms with Crippen molar-refractivity contribution in [2.75, 3.05) is 26.2 Å². The van der Waals surface area contributed by atoms with E-state index in [4.69, 9.17) is 0 Å².